The number of ether oxygens (including phenoxy) is 2. The van der Waals surface area contributed by atoms with E-state index in [1.54, 1.807) is 14.2 Å². The van der Waals surface area contributed by atoms with Crippen LogP contribution in [0.4, 0.5) is 5.95 Å². The number of anilines is 1. The van der Waals surface area contributed by atoms with E-state index in [4.69, 9.17) is 14.5 Å². The van der Waals surface area contributed by atoms with Crippen LogP contribution in [0.2, 0.25) is 0 Å². The Morgan fingerprint density at radius 3 is 2.23 bits per heavy atom. The normalized spacial score (nSPS) is 14.7. The first-order chi connectivity index (χ1) is 14.4. The van der Waals surface area contributed by atoms with Gasteiger partial charge in [-0.25, -0.2) is 9.97 Å². The molecular weight excluding hydrogens is 380 g/mol. The minimum atomic E-state index is 0.0225. The van der Waals surface area contributed by atoms with Crippen LogP contribution in [0.1, 0.15) is 38.3 Å². The van der Waals surface area contributed by atoms with Gasteiger partial charge in [-0.15, -0.1) is 0 Å². The Morgan fingerprint density at radius 2 is 1.73 bits per heavy atom. The van der Waals surface area contributed by atoms with Gasteiger partial charge in [-0.05, 0) is 25.0 Å². The highest BCUT2D eigenvalue weighted by Gasteiger charge is 2.29. The maximum Gasteiger partial charge on any atom is 0.225 e. The number of carbonyl (C=O) groups excluding carboxylic acids is 1. The number of amides is 1. The summed E-state index contributed by atoms with van der Waals surface area (Å²) in [6.45, 7) is 5.39. The number of methoxy groups -OCH3 is 2. The van der Waals surface area contributed by atoms with E-state index >= 15 is 0 Å². The summed E-state index contributed by atoms with van der Waals surface area (Å²) in [5, 5.41) is 0. The molecule has 0 bridgehead atoms. The average Bonchev–Trinajstić information content (AvgIpc) is 2.77. The van der Waals surface area contributed by atoms with Crippen LogP contribution in [0.5, 0.6) is 11.5 Å². The predicted molar refractivity (Wildman–Crippen MR) is 118 cm³/mol. The highest BCUT2D eigenvalue weighted by atomic mass is 16.5. The van der Waals surface area contributed by atoms with Crippen LogP contribution in [-0.2, 0) is 4.79 Å². The van der Waals surface area contributed by atoms with Gasteiger partial charge in [0.15, 0.2) is 0 Å². The number of carbonyl (C=O) groups is 1. The molecular formula is C23H32N4O3. The molecule has 3 rings (SSSR count). The minimum absolute atomic E-state index is 0.0225. The van der Waals surface area contributed by atoms with E-state index < -0.39 is 0 Å². The third-order valence-electron chi connectivity index (χ3n) is 5.59. The highest BCUT2D eigenvalue weighted by molar-refractivity contribution is 5.79. The molecule has 1 amide bonds. The van der Waals surface area contributed by atoms with E-state index in [1.807, 2.05) is 62.1 Å². The molecule has 7 heteroatoms. The zero-order valence-corrected chi connectivity index (χ0v) is 18.8. The first-order valence-corrected chi connectivity index (χ1v) is 10.4. The molecule has 0 aliphatic carbocycles. The summed E-state index contributed by atoms with van der Waals surface area (Å²) in [7, 11) is 7.19. The predicted octanol–water partition coefficient (Wildman–Crippen LogP) is 3.59. The first kappa shape index (κ1) is 21.9. The topological polar surface area (TPSA) is 67.8 Å². The van der Waals surface area contributed by atoms with E-state index in [0.717, 1.165) is 54.3 Å². The van der Waals surface area contributed by atoms with Crippen molar-refractivity contribution in [3.63, 3.8) is 0 Å². The fraction of sp³-hybridized carbons (Fsp3) is 0.522. The Bertz CT molecular complexity index is 868. The number of aromatic nitrogens is 2. The van der Waals surface area contributed by atoms with Crippen molar-refractivity contribution in [1.82, 2.24) is 14.9 Å². The third-order valence-corrected chi connectivity index (χ3v) is 5.59. The van der Waals surface area contributed by atoms with Crippen LogP contribution >= 0.6 is 0 Å². The van der Waals surface area contributed by atoms with E-state index in [1.165, 1.54) is 0 Å². The SMILES string of the molecule is COc1cccc(OC)c1-c1cnc(N(C)C)nc1C1CCN(C(=O)C(C)C)CC1. The molecule has 1 saturated heterocycles. The number of benzene rings is 1. The Morgan fingerprint density at radius 1 is 1.13 bits per heavy atom. The number of hydrogen-bond acceptors (Lipinski definition) is 6. The Balaban J connectivity index is 2.03. The van der Waals surface area contributed by atoms with Gasteiger partial charge in [0.1, 0.15) is 11.5 Å². The summed E-state index contributed by atoms with van der Waals surface area (Å²) in [4.78, 5) is 25.8. The Labute approximate surface area is 179 Å². The number of piperidine rings is 1. The summed E-state index contributed by atoms with van der Waals surface area (Å²) in [5.41, 5.74) is 2.76. The lowest BCUT2D eigenvalue weighted by atomic mass is 9.88. The average molecular weight is 413 g/mol. The zero-order chi connectivity index (χ0) is 21.8. The second-order valence-electron chi connectivity index (χ2n) is 8.16. The van der Waals surface area contributed by atoms with Crippen molar-refractivity contribution in [3.05, 3.63) is 30.1 Å². The highest BCUT2D eigenvalue weighted by Crippen LogP contribution is 2.43. The van der Waals surface area contributed by atoms with Crippen LogP contribution in [0.15, 0.2) is 24.4 Å². The van der Waals surface area contributed by atoms with Gasteiger partial charge >= 0.3 is 0 Å². The zero-order valence-electron chi connectivity index (χ0n) is 18.8. The molecule has 1 aromatic heterocycles. The summed E-state index contributed by atoms with van der Waals surface area (Å²) >= 11 is 0. The van der Waals surface area contributed by atoms with Crippen LogP contribution in [-0.4, -0.2) is 62.2 Å². The molecule has 1 aliphatic rings. The Kier molecular flexibility index (Phi) is 6.80. The van der Waals surface area contributed by atoms with Crippen LogP contribution in [0, 0.1) is 5.92 Å². The van der Waals surface area contributed by atoms with E-state index in [0.29, 0.717) is 5.95 Å². The molecule has 0 unspecified atom stereocenters. The van der Waals surface area contributed by atoms with Crippen molar-refractivity contribution in [1.29, 1.82) is 0 Å². The van der Waals surface area contributed by atoms with Crippen molar-refractivity contribution >= 4 is 11.9 Å². The van der Waals surface area contributed by atoms with Gasteiger partial charge in [-0.2, -0.15) is 0 Å². The number of hydrogen-bond donors (Lipinski definition) is 0. The molecule has 2 heterocycles. The van der Waals surface area contributed by atoms with Gasteiger partial charge < -0.3 is 19.3 Å². The van der Waals surface area contributed by atoms with Crippen molar-refractivity contribution in [2.75, 3.05) is 46.3 Å². The van der Waals surface area contributed by atoms with Gasteiger partial charge in [-0.1, -0.05) is 19.9 Å². The molecule has 0 spiro atoms. The van der Waals surface area contributed by atoms with E-state index in [-0.39, 0.29) is 17.7 Å². The van der Waals surface area contributed by atoms with Crippen LogP contribution in [0.3, 0.4) is 0 Å². The molecule has 7 nitrogen and oxygen atoms in total. The van der Waals surface area contributed by atoms with Gasteiger partial charge in [-0.3, -0.25) is 4.79 Å². The van der Waals surface area contributed by atoms with Crippen molar-refractivity contribution in [3.8, 4) is 22.6 Å². The summed E-state index contributed by atoms with van der Waals surface area (Å²) in [6.07, 6.45) is 3.60. The smallest absolute Gasteiger partial charge is 0.225 e. The largest absolute Gasteiger partial charge is 0.496 e. The lowest BCUT2D eigenvalue weighted by Gasteiger charge is -2.33. The minimum Gasteiger partial charge on any atom is -0.496 e. The maximum atomic E-state index is 12.4. The Hall–Kier alpha value is -2.83. The van der Waals surface area contributed by atoms with Gasteiger partial charge in [0.05, 0.1) is 25.5 Å². The van der Waals surface area contributed by atoms with Crippen molar-refractivity contribution < 1.29 is 14.3 Å². The molecule has 1 fully saturated rings. The van der Waals surface area contributed by atoms with Crippen LogP contribution < -0.4 is 14.4 Å². The molecule has 162 valence electrons. The molecule has 0 atom stereocenters. The second-order valence-corrected chi connectivity index (χ2v) is 8.16. The molecule has 0 N–H and O–H groups in total. The third kappa shape index (κ3) is 4.35. The van der Waals surface area contributed by atoms with Crippen molar-refractivity contribution in [2.24, 2.45) is 5.92 Å². The quantitative estimate of drug-likeness (QED) is 0.722. The maximum absolute atomic E-state index is 12.4. The second kappa shape index (κ2) is 9.32. The molecule has 1 aromatic carbocycles. The summed E-state index contributed by atoms with van der Waals surface area (Å²) < 4.78 is 11.3. The fourth-order valence-corrected chi connectivity index (χ4v) is 3.96. The molecule has 0 saturated carbocycles. The molecule has 1 aliphatic heterocycles. The number of nitrogens with zero attached hydrogens (tertiary/aromatic N) is 4. The van der Waals surface area contributed by atoms with Gasteiger partial charge in [0.2, 0.25) is 11.9 Å². The van der Waals surface area contributed by atoms with Gasteiger partial charge in [0.25, 0.3) is 0 Å². The molecule has 2 aromatic rings. The lowest BCUT2D eigenvalue weighted by Crippen LogP contribution is -2.40. The summed E-state index contributed by atoms with van der Waals surface area (Å²) in [5.74, 6) is 2.59. The monoisotopic (exact) mass is 412 g/mol. The molecule has 30 heavy (non-hydrogen) atoms. The van der Waals surface area contributed by atoms with Crippen molar-refractivity contribution in [2.45, 2.75) is 32.6 Å². The summed E-state index contributed by atoms with van der Waals surface area (Å²) in [6, 6.07) is 5.75. The van der Waals surface area contributed by atoms with Crippen LogP contribution in [0.25, 0.3) is 11.1 Å². The van der Waals surface area contributed by atoms with E-state index in [2.05, 4.69) is 4.98 Å². The van der Waals surface area contributed by atoms with E-state index in [9.17, 15) is 4.79 Å². The van der Waals surface area contributed by atoms with Gasteiger partial charge in [0, 0.05) is 50.8 Å². The lowest BCUT2D eigenvalue weighted by molar-refractivity contribution is -0.135. The first-order valence-electron chi connectivity index (χ1n) is 10.4. The number of rotatable bonds is 6. The standard InChI is InChI=1S/C23H32N4O3/c1-15(2)22(28)27-12-10-16(11-13-27)21-17(14-24-23(25-21)26(3)4)20-18(29-5)8-7-9-19(20)30-6/h7-9,14-16H,10-13H2,1-6H3. The fourth-order valence-electron chi connectivity index (χ4n) is 3.96. The molecule has 0 radical (unpaired) electrons. The number of likely N-dealkylation sites (tertiary alicyclic amines) is 1.